The number of nitrogens with zero attached hydrogens (tertiary/aromatic N) is 3. The lowest BCUT2D eigenvalue weighted by molar-refractivity contribution is 0.0951. The molecule has 1 aliphatic rings. The van der Waals surface area contributed by atoms with Crippen LogP contribution in [-0.4, -0.2) is 53.9 Å². The van der Waals surface area contributed by atoms with Crippen LogP contribution in [0.1, 0.15) is 32.7 Å². The number of thioether (sulfide) groups is 1. The summed E-state index contributed by atoms with van der Waals surface area (Å²) in [7, 11) is 2.18. The quantitative estimate of drug-likeness (QED) is 0.498. The fraction of sp³-hybridized carbons (Fsp3) is 0.360. The first-order valence-corrected chi connectivity index (χ1v) is 12.8. The van der Waals surface area contributed by atoms with E-state index in [4.69, 9.17) is 0 Å². The van der Waals surface area contributed by atoms with Gasteiger partial charge in [0.25, 0.3) is 5.91 Å². The molecule has 0 spiro atoms. The first kappa shape index (κ1) is 23.0. The normalized spacial score (nSPS) is 15.1. The summed E-state index contributed by atoms with van der Waals surface area (Å²) in [6.45, 7) is 7.98. The molecule has 1 saturated heterocycles. The van der Waals surface area contributed by atoms with Crippen molar-refractivity contribution in [3.05, 3.63) is 81.9 Å². The molecule has 1 amide bonds. The summed E-state index contributed by atoms with van der Waals surface area (Å²) in [5, 5.41) is 5.13. The van der Waals surface area contributed by atoms with Crippen LogP contribution in [0.25, 0.3) is 0 Å². The zero-order valence-electron chi connectivity index (χ0n) is 18.7. The number of likely N-dealkylation sites (N-methyl/N-ethyl adjacent to an activating group) is 1. The molecule has 2 aromatic carbocycles. The second-order valence-corrected chi connectivity index (χ2v) is 10.4. The maximum atomic E-state index is 12.6. The molecule has 1 fully saturated rings. The maximum Gasteiger partial charge on any atom is 0.251 e. The average Bonchev–Trinajstić information content (AvgIpc) is 3.23. The molecule has 1 aliphatic heterocycles. The van der Waals surface area contributed by atoms with Gasteiger partial charge < -0.3 is 10.2 Å². The molecule has 168 valence electrons. The summed E-state index contributed by atoms with van der Waals surface area (Å²) in [4.78, 5) is 21.9. The first-order chi connectivity index (χ1) is 15.5. The van der Waals surface area contributed by atoms with Crippen LogP contribution in [0.15, 0.2) is 58.3 Å². The van der Waals surface area contributed by atoms with Crippen LogP contribution in [0.2, 0.25) is 0 Å². The van der Waals surface area contributed by atoms with Gasteiger partial charge in [0.05, 0.1) is 0 Å². The fourth-order valence-electron chi connectivity index (χ4n) is 3.68. The number of thiazole rings is 1. The van der Waals surface area contributed by atoms with Crippen molar-refractivity contribution in [1.82, 2.24) is 20.1 Å². The van der Waals surface area contributed by atoms with Gasteiger partial charge in [0, 0.05) is 61.7 Å². The van der Waals surface area contributed by atoms with Gasteiger partial charge in [0.15, 0.2) is 0 Å². The van der Waals surface area contributed by atoms with E-state index >= 15 is 0 Å². The van der Waals surface area contributed by atoms with Gasteiger partial charge in [0.2, 0.25) is 0 Å². The number of benzene rings is 2. The predicted molar refractivity (Wildman–Crippen MR) is 133 cm³/mol. The molecule has 0 unspecified atom stereocenters. The standard InChI is InChI=1S/C25H30N4OS2/c1-19-17-31-25(27-19)32-18-20-6-8-23(9-7-20)24(30)26-15-21-4-3-5-22(14-21)16-29-12-10-28(2)11-13-29/h3-9,14,17H,10-13,15-16,18H2,1-2H3,(H,26,30). The van der Waals surface area contributed by atoms with Crippen LogP contribution in [0.5, 0.6) is 0 Å². The number of carbonyl (C=O) groups is 1. The smallest absolute Gasteiger partial charge is 0.251 e. The number of nitrogens with one attached hydrogen (secondary N) is 1. The highest BCUT2D eigenvalue weighted by atomic mass is 32.2. The van der Waals surface area contributed by atoms with Gasteiger partial charge in [-0.15, -0.1) is 11.3 Å². The van der Waals surface area contributed by atoms with E-state index in [1.807, 2.05) is 31.2 Å². The molecule has 0 saturated carbocycles. The van der Waals surface area contributed by atoms with Gasteiger partial charge in [-0.2, -0.15) is 0 Å². The van der Waals surface area contributed by atoms with Crippen LogP contribution < -0.4 is 5.32 Å². The summed E-state index contributed by atoms with van der Waals surface area (Å²) in [5.74, 6) is 0.818. The third-order valence-electron chi connectivity index (χ3n) is 5.62. The van der Waals surface area contributed by atoms with Gasteiger partial charge in [-0.05, 0) is 42.8 Å². The Hall–Kier alpha value is -2.19. The Kier molecular flexibility index (Phi) is 7.97. The Morgan fingerprint density at radius 3 is 2.53 bits per heavy atom. The summed E-state index contributed by atoms with van der Waals surface area (Å²) in [5.41, 5.74) is 5.39. The fourth-order valence-corrected chi connectivity index (χ4v) is 5.49. The topological polar surface area (TPSA) is 48.5 Å². The van der Waals surface area contributed by atoms with Gasteiger partial charge in [-0.25, -0.2) is 4.98 Å². The summed E-state index contributed by atoms with van der Waals surface area (Å²) < 4.78 is 1.08. The molecule has 1 aromatic heterocycles. The minimum atomic E-state index is -0.0378. The highest BCUT2D eigenvalue weighted by molar-refractivity contribution is 8.00. The third kappa shape index (κ3) is 6.65. The number of amides is 1. The number of hydrogen-bond donors (Lipinski definition) is 1. The van der Waals surface area contributed by atoms with E-state index < -0.39 is 0 Å². The molecular weight excluding hydrogens is 436 g/mol. The van der Waals surface area contributed by atoms with Gasteiger partial charge in [-0.3, -0.25) is 9.69 Å². The highest BCUT2D eigenvalue weighted by Crippen LogP contribution is 2.26. The lowest BCUT2D eigenvalue weighted by Crippen LogP contribution is -2.43. The first-order valence-electron chi connectivity index (χ1n) is 11.0. The van der Waals surface area contributed by atoms with E-state index in [9.17, 15) is 4.79 Å². The molecule has 0 bridgehead atoms. The van der Waals surface area contributed by atoms with E-state index in [-0.39, 0.29) is 5.91 Å². The number of piperazine rings is 1. The van der Waals surface area contributed by atoms with Crippen LogP contribution in [0.4, 0.5) is 0 Å². The lowest BCUT2D eigenvalue weighted by Gasteiger charge is -2.32. The van der Waals surface area contributed by atoms with E-state index in [2.05, 4.69) is 56.8 Å². The van der Waals surface area contributed by atoms with Gasteiger partial charge in [-0.1, -0.05) is 48.2 Å². The molecule has 0 radical (unpaired) electrons. The Balaban J connectivity index is 1.26. The van der Waals surface area contributed by atoms with Crippen LogP contribution in [0, 0.1) is 6.92 Å². The SMILES string of the molecule is Cc1csc(SCc2ccc(C(=O)NCc3cccc(CN4CCN(C)CC4)c3)cc2)n1. The molecule has 32 heavy (non-hydrogen) atoms. The molecule has 0 aliphatic carbocycles. The lowest BCUT2D eigenvalue weighted by atomic mass is 10.1. The number of rotatable bonds is 8. The zero-order chi connectivity index (χ0) is 22.3. The van der Waals surface area contributed by atoms with Crippen molar-refractivity contribution in [3.63, 3.8) is 0 Å². The van der Waals surface area contributed by atoms with Crippen molar-refractivity contribution in [1.29, 1.82) is 0 Å². The minimum absolute atomic E-state index is 0.0378. The van der Waals surface area contributed by atoms with Gasteiger partial charge in [0.1, 0.15) is 4.34 Å². The van der Waals surface area contributed by atoms with Crippen molar-refractivity contribution < 1.29 is 4.79 Å². The van der Waals surface area contributed by atoms with Crippen molar-refractivity contribution in [2.24, 2.45) is 0 Å². The van der Waals surface area contributed by atoms with Crippen LogP contribution >= 0.6 is 23.1 Å². The van der Waals surface area contributed by atoms with Crippen molar-refractivity contribution >= 4 is 29.0 Å². The highest BCUT2D eigenvalue weighted by Gasteiger charge is 2.14. The summed E-state index contributed by atoms with van der Waals surface area (Å²) in [6, 6.07) is 16.4. The van der Waals surface area contributed by atoms with Crippen molar-refractivity contribution in [2.75, 3.05) is 33.2 Å². The molecule has 2 heterocycles. The largest absolute Gasteiger partial charge is 0.348 e. The number of aromatic nitrogens is 1. The average molecular weight is 467 g/mol. The second-order valence-electron chi connectivity index (χ2n) is 8.32. The number of aryl methyl sites for hydroxylation is 1. The number of carbonyl (C=O) groups excluding carboxylic acids is 1. The molecule has 7 heteroatoms. The van der Waals surface area contributed by atoms with Crippen molar-refractivity contribution in [2.45, 2.75) is 30.1 Å². The van der Waals surface area contributed by atoms with E-state index in [1.54, 1.807) is 23.1 Å². The molecule has 0 atom stereocenters. The van der Waals surface area contributed by atoms with E-state index in [1.165, 1.54) is 11.1 Å². The van der Waals surface area contributed by atoms with E-state index in [0.717, 1.165) is 54.1 Å². The molecule has 3 aromatic rings. The maximum absolute atomic E-state index is 12.6. The molecule has 1 N–H and O–H groups in total. The zero-order valence-corrected chi connectivity index (χ0v) is 20.3. The van der Waals surface area contributed by atoms with Crippen molar-refractivity contribution in [3.8, 4) is 0 Å². The second kappa shape index (κ2) is 11.1. The summed E-state index contributed by atoms with van der Waals surface area (Å²) in [6.07, 6.45) is 0. The van der Waals surface area contributed by atoms with Gasteiger partial charge >= 0.3 is 0 Å². The Morgan fingerprint density at radius 2 is 1.81 bits per heavy atom. The van der Waals surface area contributed by atoms with E-state index in [0.29, 0.717) is 12.1 Å². The van der Waals surface area contributed by atoms with Crippen LogP contribution in [0.3, 0.4) is 0 Å². The Morgan fingerprint density at radius 1 is 1.06 bits per heavy atom. The number of hydrogen-bond acceptors (Lipinski definition) is 6. The molecular formula is C25H30N4OS2. The third-order valence-corrected chi connectivity index (χ3v) is 7.83. The predicted octanol–water partition coefficient (Wildman–Crippen LogP) is 4.42. The minimum Gasteiger partial charge on any atom is -0.348 e. The monoisotopic (exact) mass is 466 g/mol. The molecule has 4 rings (SSSR count). The summed E-state index contributed by atoms with van der Waals surface area (Å²) >= 11 is 3.41. The molecule has 5 nitrogen and oxygen atoms in total. The Labute approximate surface area is 198 Å². The van der Waals surface area contributed by atoms with Crippen LogP contribution in [-0.2, 0) is 18.8 Å². The Bertz CT molecular complexity index is 1030.